The Balaban J connectivity index is 2.39. The van der Waals surface area contributed by atoms with E-state index in [4.69, 9.17) is 5.11 Å². The maximum absolute atomic E-state index is 9.16. The van der Waals surface area contributed by atoms with Gasteiger partial charge in [-0.15, -0.1) is 0 Å². The molecule has 0 aliphatic rings. The highest BCUT2D eigenvalue weighted by atomic mass is 16.3. The van der Waals surface area contributed by atoms with Crippen LogP contribution < -0.4 is 4.90 Å². The van der Waals surface area contributed by atoms with Crippen LogP contribution in [0.3, 0.4) is 0 Å². The highest BCUT2D eigenvalue weighted by Crippen LogP contribution is 2.23. The molecule has 1 heterocycles. The van der Waals surface area contributed by atoms with Crippen molar-refractivity contribution in [3.63, 3.8) is 0 Å². The summed E-state index contributed by atoms with van der Waals surface area (Å²) in [5.41, 5.74) is 3.88. The van der Waals surface area contributed by atoms with Crippen LogP contribution in [0, 0.1) is 13.8 Å². The third-order valence-corrected chi connectivity index (χ3v) is 3.11. The minimum Gasteiger partial charge on any atom is -0.392 e. The Bertz CT molecular complexity index is 569. The molecule has 2 rings (SSSR count). The molecule has 1 N–H and O–H groups in total. The largest absolute Gasteiger partial charge is 0.392 e. The van der Waals surface area contributed by atoms with E-state index in [0.717, 1.165) is 23.5 Å². The van der Waals surface area contributed by atoms with Gasteiger partial charge in [-0.3, -0.25) is 0 Å². The van der Waals surface area contributed by atoms with Crippen molar-refractivity contribution in [2.45, 2.75) is 27.4 Å². The lowest BCUT2D eigenvalue weighted by atomic mass is 10.2. The van der Waals surface area contributed by atoms with E-state index in [1.54, 1.807) is 6.20 Å². The zero-order valence-electron chi connectivity index (χ0n) is 11.6. The van der Waals surface area contributed by atoms with Gasteiger partial charge in [0, 0.05) is 29.7 Å². The quantitative estimate of drug-likeness (QED) is 0.915. The second-order valence-electron chi connectivity index (χ2n) is 4.52. The first-order valence-corrected chi connectivity index (χ1v) is 6.43. The van der Waals surface area contributed by atoms with Crippen molar-refractivity contribution in [1.82, 2.24) is 9.97 Å². The average Bonchev–Trinajstić information content (AvgIpc) is 2.40. The van der Waals surface area contributed by atoms with Crippen LogP contribution in [0.5, 0.6) is 0 Å². The second-order valence-corrected chi connectivity index (χ2v) is 4.52. The number of anilines is 2. The van der Waals surface area contributed by atoms with Gasteiger partial charge in [-0.25, -0.2) is 9.97 Å². The molecule has 4 heteroatoms. The Labute approximate surface area is 113 Å². The van der Waals surface area contributed by atoms with Crippen LogP contribution in [0.25, 0.3) is 0 Å². The summed E-state index contributed by atoms with van der Waals surface area (Å²) in [5.74, 6) is 0.669. The van der Waals surface area contributed by atoms with E-state index in [2.05, 4.69) is 46.9 Å². The van der Waals surface area contributed by atoms with Crippen molar-refractivity contribution >= 4 is 11.6 Å². The summed E-state index contributed by atoms with van der Waals surface area (Å²) in [7, 11) is 0. The normalized spacial score (nSPS) is 10.5. The molecule has 2 aromatic rings. The number of nitrogens with zero attached hydrogens (tertiary/aromatic N) is 3. The minimum atomic E-state index is -0.0251. The first-order valence-electron chi connectivity index (χ1n) is 6.43. The summed E-state index contributed by atoms with van der Waals surface area (Å²) in [6.45, 7) is 6.80. The summed E-state index contributed by atoms with van der Waals surface area (Å²) >= 11 is 0. The van der Waals surface area contributed by atoms with E-state index in [9.17, 15) is 0 Å². The van der Waals surface area contributed by atoms with Crippen LogP contribution in [0.15, 0.2) is 30.5 Å². The van der Waals surface area contributed by atoms with E-state index in [1.165, 1.54) is 5.56 Å². The monoisotopic (exact) mass is 257 g/mol. The molecule has 0 aliphatic heterocycles. The number of rotatable bonds is 4. The first-order chi connectivity index (χ1) is 9.15. The summed E-state index contributed by atoms with van der Waals surface area (Å²) in [4.78, 5) is 10.9. The molecule has 19 heavy (non-hydrogen) atoms. The van der Waals surface area contributed by atoms with Crippen molar-refractivity contribution in [3.05, 3.63) is 47.3 Å². The Hall–Kier alpha value is -1.94. The number of aliphatic hydroxyl groups is 1. The van der Waals surface area contributed by atoms with Crippen molar-refractivity contribution in [2.24, 2.45) is 0 Å². The van der Waals surface area contributed by atoms with Crippen LogP contribution in [0.1, 0.15) is 23.7 Å². The number of aromatic nitrogens is 2. The summed E-state index contributed by atoms with van der Waals surface area (Å²) in [6, 6.07) is 8.26. The second kappa shape index (κ2) is 5.80. The fourth-order valence-corrected chi connectivity index (χ4v) is 2.00. The zero-order valence-corrected chi connectivity index (χ0v) is 11.6. The maximum atomic E-state index is 9.16. The lowest BCUT2D eigenvalue weighted by molar-refractivity contribution is 0.280. The highest BCUT2D eigenvalue weighted by Gasteiger charge is 2.11. The number of benzene rings is 1. The predicted molar refractivity (Wildman–Crippen MR) is 76.6 cm³/mol. The topological polar surface area (TPSA) is 49.2 Å². The lowest BCUT2D eigenvalue weighted by Gasteiger charge is -2.22. The van der Waals surface area contributed by atoms with Crippen LogP contribution in [0.4, 0.5) is 11.6 Å². The first kappa shape index (κ1) is 13.5. The molecule has 0 bridgehead atoms. The molecule has 100 valence electrons. The lowest BCUT2D eigenvalue weighted by Crippen LogP contribution is -2.19. The van der Waals surface area contributed by atoms with Crippen LogP contribution in [-0.4, -0.2) is 21.6 Å². The van der Waals surface area contributed by atoms with Gasteiger partial charge in [0.15, 0.2) is 0 Å². The molecule has 0 amide bonds. The fourth-order valence-electron chi connectivity index (χ4n) is 2.00. The van der Waals surface area contributed by atoms with Crippen molar-refractivity contribution in [1.29, 1.82) is 0 Å². The molecule has 1 aromatic carbocycles. The number of aliphatic hydroxyl groups excluding tert-OH is 1. The van der Waals surface area contributed by atoms with Crippen molar-refractivity contribution in [2.75, 3.05) is 11.4 Å². The van der Waals surface area contributed by atoms with E-state index in [-0.39, 0.29) is 6.61 Å². The third kappa shape index (κ3) is 2.90. The van der Waals surface area contributed by atoms with E-state index in [1.807, 2.05) is 13.0 Å². The molecule has 0 aliphatic carbocycles. The molecule has 0 unspecified atom stereocenters. The van der Waals surface area contributed by atoms with E-state index < -0.39 is 0 Å². The van der Waals surface area contributed by atoms with Gasteiger partial charge in [0.2, 0.25) is 5.95 Å². The summed E-state index contributed by atoms with van der Waals surface area (Å²) in [5, 5.41) is 9.16. The van der Waals surface area contributed by atoms with Gasteiger partial charge >= 0.3 is 0 Å². The van der Waals surface area contributed by atoms with Crippen LogP contribution in [0.2, 0.25) is 0 Å². The van der Waals surface area contributed by atoms with Gasteiger partial charge in [0.1, 0.15) is 0 Å². The van der Waals surface area contributed by atoms with Gasteiger partial charge < -0.3 is 10.0 Å². The number of hydrogen-bond acceptors (Lipinski definition) is 4. The van der Waals surface area contributed by atoms with Crippen LogP contribution in [-0.2, 0) is 6.61 Å². The smallest absolute Gasteiger partial charge is 0.230 e. The third-order valence-electron chi connectivity index (χ3n) is 3.11. The van der Waals surface area contributed by atoms with Gasteiger partial charge in [0.05, 0.1) is 6.61 Å². The van der Waals surface area contributed by atoms with Gasteiger partial charge in [-0.2, -0.15) is 0 Å². The molecule has 0 spiro atoms. The standard InChI is InChI=1S/C15H19N3O/c1-4-18(14-7-5-6-11(2)8-14)15-16-9-13(10-19)12(3)17-15/h5-9,19H,4,10H2,1-3H3. The molecular formula is C15H19N3O. The molecular weight excluding hydrogens is 238 g/mol. The molecule has 0 fully saturated rings. The SMILES string of the molecule is CCN(c1cccc(C)c1)c1ncc(CO)c(C)n1. The van der Waals surface area contributed by atoms with Crippen LogP contribution >= 0.6 is 0 Å². The zero-order chi connectivity index (χ0) is 13.8. The number of aryl methyl sites for hydroxylation is 2. The Morgan fingerprint density at radius 1 is 1.26 bits per heavy atom. The van der Waals surface area contributed by atoms with Gasteiger partial charge in [0.25, 0.3) is 0 Å². The fraction of sp³-hybridized carbons (Fsp3) is 0.333. The molecule has 0 saturated carbocycles. The molecule has 4 nitrogen and oxygen atoms in total. The number of hydrogen-bond donors (Lipinski definition) is 1. The van der Waals surface area contributed by atoms with Gasteiger partial charge in [-0.1, -0.05) is 12.1 Å². The highest BCUT2D eigenvalue weighted by molar-refractivity contribution is 5.58. The molecule has 0 saturated heterocycles. The average molecular weight is 257 g/mol. The predicted octanol–water partition coefficient (Wildman–Crippen LogP) is 2.74. The molecule has 1 aromatic heterocycles. The molecule has 0 radical (unpaired) electrons. The summed E-state index contributed by atoms with van der Waals surface area (Å²) < 4.78 is 0. The minimum absolute atomic E-state index is 0.0251. The Morgan fingerprint density at radius 2 is 2.05 bits per heavy atom. The Morgan fingerprint density at radius 3 is 2.63 bits per heavy atom. The van der Waals surface area contributed by atoms with Gasteiger partial charge in [-0.05, 0) is 38.5 Å². The van der Waals surface area contributed by atoms with E-state index in [0.29, 0.717) is 5.95 Å². The Kier molecular flexibility index (Phi) is 4.12. The maximum Gasteiger partial charge on any atom is 0.230 e. The molecule has 0 atom stereocenters. The van der Waals surface area contributed by atoms with Crippen molar-refractivity contribution < 1.29 is 5.11 Å². The van der Waals surface area contributed by atoms with Crippen molar-refractivity contribution in [3.8, 4) is 0 Å². The summed E-state index contributed by atoms with van der Waals surface area (Å²) in [6.07, 6.45) is 1.69. The van der Waals surface area contributed by atoms with E-state index >= 15 is 0 Å².